The summed E-state index contributed by atoms with van der Waals surface area (Å²) in [7, 11) is 0. The minimum atomic E-state index is 0.177. The second-order valence-corrected chi connectivity index (χ2v) is 5.06. The second kappa shape index (κ2) is 6.26. The van der Waals surface area contributed by atoms with Crippen molar-refractivity contribution in [3.8, 4) is 6.07 Å². The summed E-state index contributed by atoms with van der Waals surface area (Å²) in [6.45, 7) is 2.09. The van der Waals surface area contributed by atoms with E-state index in [0.717, 1.165) is 5.82 Å². The lowest BCUT2D eigenvalue weighted by atomic mass is 10.1. The molecule has 1 aromatic carbocycles. The normalized spacial score (nSPS) is 11.6. The van der Waals surface area contributed by atoms with Gasteiger partial charge in [0.2, 0.25) is 0 Å². The summed E-state index contributed by atoms with van der Waals surface area (Å²) in [5, 5.41) is 12.0. The van der Waals surface area contributed by atoms with E-state index in [1.165, 1.54) is 10.5 Å². The van der Waals surface area contributed by atoms with Crippen molar-refractivity contribution in [2.45, 2.75) is 17.9 Å². The number of aromatic nitrogens is 1. The minimum absolute atomic E-state index is 0.177. The Kier molecular flexibility index (Phi) is 4.43. The summed E-state index contributed by atoms with van der Waals surface area (Å²) < 4.78 is 0. The van der Waals surface area contributed by atoms with Crippen molar-refractivity contribution < 1.29 is 0 Å². The van der Waals surface area contributed by atoms with Gasteiger partial charge in [-0.05, 0) is 43.0 Å². The maximum atomic E-state index is 8.73. The largest absolute Gasteiger partial charge is 0.364 e. The molecule has 0 radical (unpaired) electrons. The fourth-order valence-corrected chi connectivity index (χ4v) is 2.15. The van der Waals surface area contributed by atoms with Crippen molar-refractivity contribution in [2.75, 3.05) is 11.6 Å². The van der Waals surface area contributed by atoms with E-state index in [0.29, 0.717) is 5.56 Å². The molecule has 0 aliphatic heterocycles. The van der Waals surface area contributed by atoms with E-state index in [4.69, 9.17) is 5.26 Å². The van der Waals surface area contributed by atoms with Gasteiger partial charge >= 0.3 is 0 Å². The first kappa shape index (κ1) is 13.4. The monoisotopic (exact) mass is 269 g/mol. The molecule has 0 amide bonds. The van der Waals surface area contributed by atoms with Gasteiger partial charge in [-0.15, -0.1) is 11.8 Å². The van der Waals surface area contributed by atoms with Gasteiger partial charge in [-0.2, -0.15) is 5.26 Å². The van der Waals surface area contributed by atoms with Gasteiger partial charge in [-0.25, -0.2) is 4.98 Å². The summed E-state index contributed by atoms with van der Waals surface area (Å²) in [4.78, 5) is 5.47. The Hall–Kier alpha value is -1.99. The molecule has 0 saturated carbocycles. The smallest absolute Gasteiger partial charge is 0.126 e. The molecule has 0 aliphatic rings. The van der Waals surface area contributed by atoms with Crippen LogP contribution in [0.2, 0.25) is 0 Å². The van der Waals surface area contributed by atoms with Gasteiger partial charge in [0.1, 0.15) is 11.9 Å². The van der Waals surface area contributed by atoms with Crippen molar-refractivity contribution in [3.63, 3.8) is 0 Å². The van der Waals surface area contributed by atoms with Gasteiger partial charge in [0, 0.05) is 17.1 Å². The first-order valence-electron chi connectivity index (χ1n) is 5.99. The van der Waals surface area contributed by atoms with E-state index in [-0.39, 0.29) is 6.04 Å². The van der Waals surface area contributed by atoms with E-state index >= 15 is 0 Å². The lowest BCUT2D eigenvalue weighted by Gasteiger charge is -2.15. The van der Waals surface area contributed by atoms with Crippen molar-refractivity contribution in [1.82, 2.24) is 4.98 Å². The second-order valence-electron chi connectivity index (χ2n) is 4.18. The highest BCUT2D eigenvalue weighted by Gasteiger charge is 2.06. The maximum absolute atomic E-state index is 8.73. The van der Waals surface area contributed by atoms with Crippen molar-refractivity contribution in [2.24, 2.45) is 0 Å². The molecule has 3 nitrogen and oxygen atoms in total. The van der Waals surface area contributed by atoms with Crippen LogP contribution < -0.4 is 5.32 Å². The molecule has 0 spiro atoms. The minimum Gasteiger partial charge on any atom is -0.364 e. The zero-order valence-electron chi connectivity index (χ0n) is 10.9. The number of nitrogens with one attached hydrogen (secondary N) is 1. The van der Waals surface area contributed by atoms with E-state index in [2.05, 4.69) is 53.8 Å². The topological polar surface area (TPSA) is 48.7 Å². The van der Waals surface area contributed by atoms with Crippen LogP contribution in [0.3, 0.4) is 0 Å². The molecule has 4 heteroatoms. The number of hydrogen-bond donors (Lipinski definition) is 1. The summed E-state index contributed by atoms with van der Waals surface area (Å²) in [5.74, 6) is 0.778. The van der Waals surface area contributed by atoms with Crippen LogP contribution in [0.25, 0.3) is 0 Å². The number of pyridine rings is 1. The molecule has 0 bridgehead atoms. The molecule has 1 aromatic heterocycles. The quantitative estimate of drug-likeness (QED) is 0.856. The van der Waals surface area contributed by atoms with Crippen LogP contribution in [0.1, 0.15) is 24.1 Å². The molecule has 0 aliphatic carbocycles. The summed E-state index contributed by atoms with van der Waals surface area (Å²) in [5.41, 5.74) is 1.78. The van der Waals surface area contributed by atoms with Gasteiger partial charge in [0.25, 0.3) is 0 Å². The number of benzene rings is 1. The molecule has 96 valence electrons. The van der Waals surface area contributed by atoms with Gasteiger partial charge in [0.05, 0.1) is 5.56 Å². The zero-order chi connectivity index (χ0) is 13.7. The third kappa shape index (κ3) is 3.49. The van der Waals surface area contributed by atoms with E-state index in [1.807, 2.05) is 6.07 Å². The van der Waals surface area contributed by atoms with Crippen molar-refractivity contribution >= 4 is 17.6 Å². The number of anilines is 1. The van der Waals surface area contributed by atoms with E-state index in [1.54, 1.807) is 24.0 Å². The van der Waals surface area contributed by atoms with Gasteiger partial charge < -0.3 is 5.32 Å². The molecule has 19 heavy (non-hydrogen) atoms. The standard InChI is InChI=1S/C15H15N3S/c1-11(13-4-6-14(19-2)7-5-13)18-15-8-3-12(9-16)10-17-15/h3-8,10-11H,1-2H3,(H,17,18)/t11-/m0/s1. The molecule has 0 saturated heterocycles. The Labute approximate surface area is 117 Å². The van der Waals surface area contributed by atoms with Crippen LogP contribution in [0, 0.1) is 11.3 Å². The van der Waals surface area contributed by atoms with Crippen LogP contribution in [-0.2, 0) is 0 Å². The Morgan fingerprint density at radius 1 is 1.21 bits per heavy atom. The third-order valence-electron chi connectivity index (χ3n) is 2.87. The van der Waals surface area contributed by atoms with Crippen molar-refractivity contribution in [1.29, 1.82) is 5.26 Å². The zero-order valence-corrected chi connectivity index (χ0v) is 11.7. The average Bonchev–Trinajstić information content (AvgIpc) is 2.48. The SMILES string of the molecule is CSc1ccc([C@H](C)Nc2ccc(C#N)cn2)cc1. The predicted molar refractivity (Wildman–Crippen MR) is 79.2 cm³/mol. The summed E-state index contributed by atoms with van der Waals surface area (Å²) >= 11 is 1.73. The van der Waals surface area contributed by atoms with E-state index < -0.39 is 0 Å². The first-order valence-corrected chi connectivity index (χ1v) is 7.22. The van der Waals surface area contributed by atoms with Gasteiger partial charge in [0.15, 0.2) is 0 Å². The highest BCUT2D eigenvalue weighted by molar-refractivity contribution is 7.98. The van der Waals surface area contributed by atoms with Crippen LogP contribution in [0.15, 0.2) is 47.5 Å². The molecule has 1 heterocycles. The predicted octanol–water partition coefficient (Wildman–Crippen LogP) is 3.85. The van der Waals surface area contributed by atoms with Crippen LogP contribution in [0.4, 0.5) is 5.82 Å². The molecule has 1 N–H and O–H groups in total. The Balaban J connectivity index is 2.06. The van der Waals surface area contributed by atoms with E-state index in [9.17, 15) is 0 Å². The fourth-order valence-electron chi connectivity index (χ4n) is 1.74. The van der Waals surface area contributed by atoms with Crippen molar-refractivity contribution in [3.05, 3.63) is 53.7 Å². The third-order valence-corrected chi connectivity index (χ3v) is 3.62. The summed E-state index contributed by atoms with van der Waals surface area (Å²) in [6, 6.07) is 14.3. The number of nitriles is 1. The number of thioether (sulfide) groups is 1. The molecular weight excluding hydrogens is 254 g/mol. The number of rotatable bonds is 4. The molecule has 0 unspecified atom stereocenters. The highest BCUT2D eigenvalue weighted by Crippen LogP contribution is 2.21. The molecule has 2 aromatic rings. The first-order chi connectivity index (χ1) is 9.22. The van der Waals surface area contributed by atoms with Gasteiger partial charge in [-0.3, -0.25) is 0 Å². The molecular formula is C15H15N3S. The fraction of sp³-hybridized carbons (Fsp3) is 0.200. The maximum Gasteiger partial charge on any atom is 0.126 e. The average molecular weight is 269 g/mol. The van der Waals surface area contributed by atoms with Crippen LogP contribution >= 0.6 is 11.8 Å². The van der Waals surface area contributed by atoms with Crippen LogP contribution in [-0.4, -0.2) is 11.2 Å². The number of nitrogens with zero attached hydrogens (tertiary/aromatic N) is 2. The Bertz CT molecular complexity index is 570. The lowest BCUT2D eigenvalue weighted by Crippen LogP contribution is -2.07. The molecule has 0 fully saturated rings. The summed E-state index contributed by atoms with van der Waals surface area (Å²) in [6.07, 6.45) is 3.64. The Morgan fingerprint density at radius 3 is 2.47 bits per heavy atom. The lowest BCUT2D eigenvalue weighted by molar-refractivity contribution is 0.872. The highest BCUT2D eigenvalue weighted by atomic mass is 32.2. The molecule has 2 rings (SSSR count). The van der Waals surface area contributed by atoms with Gasteiger partial charge in [-0.1, -0.05) is 12.1 Å². The number of hydrogen-bond acceptors (Lipinski definition) is 4. The Morgan fingerprint density at radius 2 is 1.95 bits per heavy atom. The molecule has 1 atom stereocenters. The van der Waals surface area contributed by atoms with Crippen LogP contribution in [0.5, 0.6) is 0 Å².